The SMILES string of the molecule is CCOC(=O)C1=NN(c2ccc(C)cc2)/C(=C(\C#N)C(=O)c2c[nH]c3ccccc23)S1. The molecule has 31 heavy (non-hydrogen) atoms. The number of aryl methyl sites for hydroxylation is 1. The molecule has 0 spiro atoms. The average molecular weight is 430 g/mol. The molecule has 0 saturated heterocycles. The second kappa shape index (κ2) is 8.50. The third kappa shape index (κ3) is 3.83. The predicted octanol–water partition coefficient (Wildman–Crippen LogP) is 4.52. The number of carbonyl (C=O) groups excluding carboxylic acids is 2. The first kappa shape index (κ1) is 20.4. The van der Waals surface area contributed by atoms with Crippen LogP contribution in [-0.2, 0) is 9.53 Å². The van der Waals surface area contributed by atoms with Crippen molar-refractivity contribution in [2.45, 2.75) is 13.8 Å². The van der Waals surface area contributed by atoms with Gasteiger partial charge < -0.3 is 9.72 Å². The predicted molar refractivity (Wildman–Crippen MR) is 121 cm³/mol. The Hall–Kier alpha value is -3.83. The zero-order chi connectivity index (χ0) is 22.0. The number of thioether (sulfide) groups is 1. The monoisotopic (exact) mass is 430 g/mol. The number of esters is 1. The van der Waals surface area contributed by atoms with Crippen molar-refractivity contribution < 1.29 is 14.3 Å². The maximum atomic E-state index is 13.4. The zero-order valence-electron chi connectivity index (χ0n) is 16.9. The third-order valence-corrected chi connectivity index (χ3v) is 5.70. The van der Waals surface area contributed by atoms with Gasteiger partial charge in [0.05, 0.1) is 12.3 Å². The van der Waals surface area contributed by atoms with Gasteiger partial charge in [-0.1, -0.05) is 35.9 Å². The number of benzene rings is 2. The fourth-order valence-corrected chi connectivity index (χ4v) is 4.10. The highest BCUT2D eigenvalue weighted by Crippen LogP contribution is 2.38. The normalized spacial score (nSPS) is 14.9. The van der Waals surface area contributed by atoms with Crippen molar-refractivity contribution in [3.05, 3.63) is 76.5 Å². The minimum Gasteiger partial charge on any atom is -0.461 e. The number of H-pyrrole nitrogens is 1. The fraction of sp³-hybridized carbons (Fsp3) is 0.130. The van der Waals surface area contributed by atoms with Gasteiger partial charge >= 0.3 is 5.97 Å². The van der Waals surface area contributed by atoms with E-state index in [-0.39, 0.29) is 22.3 Å². The van der Waals surface area contributed by atoms with E-state index in [0.717, 1.165) is 28.2 Å². The quantitative estimate of drug-likeness (QED) is 0.276. The Morgan fingerprint density at radius 2 is 1.94 bits per heavy atom. The van der Waals surface area contributed by atoms with Gasteiger partial charge in [0.25, 0.3) is 0 Å². The summed E-state index contributed by atoms with van der Waals surface area (Å²) in [7, 11) is 0. The summed E-state index contributed by atoms with van der Waals surface area (Å²) in [5, 5.41) is 16.8. The Morgan fingerprint density at radius 1 is 1.19 bits per heavy atom. The Kier molecular flexibility index (Phi) is 5.60. The summed E-state index contributed by atoms with van der Waals surface area (Å²) < 4.78 is 5.07. The largest absolute Gasteiger partial charge is 0.461 e. The lowest BCUT2D eigenvalue weighted by Gasteiger charge is -2.16. The number of ether oxygens (including phenoxy) is 1. The first-order valence-electron chi connectivity index (χ1n) is 9.59. The topological polar surface area (TPSA) is 98.5 Å². The van der Waals surface area contributed by atoms with Crippen LogP contribution < -0.4 is 5.01 Å². The zero-order valence-corrected chi connectivity index (χ0v) is 17.7. The van der Waals surface area contributed by atoms with Gasteiger partial charge in [-0.2, -0.15) is 10.4 Å². The number of allylic oxidation sites excluding steroid dienone is 1. The molecule has 2 heterocycles. The molecule has 2 aromatic carbocycles. The van der Waals surface area contributed by atoms with Crippen LogP contribution in [0.25, 0.3) is 10.9 Å². The minimum atomic E-state index is -0.601. The summed E-state index contributed by atoms with van der Waals surface area (Å²) in [6.07, 6.45) is 1.59. The molecular weight excluding hydrogens is 412 g/mol. The van der Waals surface area contributed by atoms with E-state index < -0.39 is 11.8 Å². The van der Waals surface area contributed by atoms with Crippen molar-refractivity contribution in [2.75, 3.05) is 11.6 Å². The molecule has 8 heteroatoms. The Labute approximate surface area is 183 Å². The summed E-state index contributed by atoms with van der Waals surface area (Å²) in [4.78, 5) is 28.7. The second-order valence-electron chi connectivity index (χ2n) is 6.74. The summed E-state index contributed by atoms with van der Waals surface area (Å²) in [6.45, 7) is 3.85. The van der Waals surface area contributed by atoms with Crippen molar-refractivity contribution in [1.82, 2.24) is 4.98 Å². The van der Waals surface area contributed by atoms with Crippen LogP contribution in [0.5, 0.6) is 0 Å². The average Bonchev–Trinajstić information content (AvgIpc) is 3.40. The summed E-state index contributed by atoms with van der Waals surface area (Å²) in [5.74, 6) is -1.05. The molecule has 0 saturated carbocycles. The molecule has 1 aliphatic heterocycles. The fourth-order valence-electron chi connectivity index (χ4n) is 3.17. The number of nitrogens with zero attached hydrogens (tertiary/aromatic N) is 3. The first-order chi connectivity index (χ1) is 15.0. The number of anilines is 1. The molecule has 1 aromatic heterocycles. The van der Waals surface area contributed by atoms with Gasteiger partial charge in [0.15, 0.2) is 0 Å². The lowest BCUT2D eigenvalue weighted by molar-refractivity contribution is -0.134. The molecule has 4 rings (SSSR count). The van der Waals surface area contributed by atoms with E-state index in [2.05, 4.69) is 10.1 Å². The van der Waals surface area contributed by atoms with E-state index in [0.29, 0.717) is 11.3 Å². The van der Waals surface area contributed by atoms with Crippen molar-refractivity contribution in [3.8, 4) is 6.07 Å². The van der Waals surface area contributed by atoms with Crippen LogP contribution in [0.4, 0.5) is 5.69 Å². The van der Waals surface area contributed by atoms with E-state index in [1.165, 1.54) is 5.01 Å². The molecule has 7 nitrogen and oxygen atoms in total. The maximum Gasteiger partial charge on any atom is 0.365 e. The van der Waals surface area contributed by atoms with Crippen molar-refractivity contribution in [3.63, 3.8) is 0 Å². The highest BCUT2D eigenvalue weighted by atomic mass is 32.2. The van der Waals surface area contributed by atoms with E-state index in [1.807, 2.05) is 61.5 Å². The van der Waals surface area contributed by atoms with Gasteiger partial charge in [-0.05, 0) is 43.8 Å². The van der Waals surface area contributed by atoms with Crippen LogP contribution in [0.1, 0.15) is 22.8 Å². The smallest absolute Gasteiger partial charge is 0.365 e. The van der Waals surface area contributed by atoms with E-state index in [1.54, 1.807) is 13.1 Å². The van der Waals surface area contributed by atoms with Gasteiger partial charge in [0.1, 0.15) is 16.7 Å². The number of fused-ring (bicyclic) bond motifs is 1. The second-order valence-corrected chi connectivity index (χ2v) is 7.72. The van der Waals surface area contributed by atoms with Crippen LogP contribution in [0.2, 0.25) is 0 Å². The van der Waals surface area contributed by atoms with Gasteiger partial charge in [0.2, 0.25) is 10.8 Å². The third-order valence-electron chi connectivity index (χ3n) is 4.69. The van der Waals surface area contributed by atoms with Crippen LogP contribution in [0.3, 0.4) is 0 Å². The number of ketones is 1. The van der Waals surface area contributed by atoms with E-state index in [4.69, 9.17) is 4.74 Å². The minimum absolute atomic E-state index is 0.0666. The van der Waals surface area contributed by atoms with Gasteiger partial charge in [-0.25, -0.2) is 9.80 Å². The number of aromatic nitrogens is 1. The van der Waals surface area contributed by atoms with Crippen LogP contribution in [-0.4, -0.2) is 28.4 Å². The van der Waals surface area contributed by atoms with Crippen molar-refractivity contribution in [1.29, 1.82) is 5.26 Å². The summed E-state index contributed by atoms with van der Waals surface area (Å²) >= 11 is 0.957. The van der Waals surface area contributed by atoms with Crippen LogP contribution in [0, 0.1) is 18.3 Å². The standard InChI is InChI=1S/C23H18N4O3S/c1-3-30-23(29)21-26-27(15-10-8-14(2)9-11-15)22(31-21)17(12-24)20(28)18-13-25-19-7-5-4-6-16(18)19/h4-11,13,25H,3H2,1-2H3/b22-17-. The number of Topliss-reactive ketones (excluding diaryl/α,β-unsaturated/α-hetero) is 1. The molecule has 3 aromatic rings. The van der Waals surface area contributed by atoms with Gasteiger partial charge in [-0.15, -0.1) is 0 Å². The number of carbonyl (C=O) groups is 2. The highest BCUT2D eigenvalue weighted by molar-refractivity contribution is 8.19. The molecule has 154 valence electrons. The molecule has 0 bridgehead atoms. The lowest BCUT2D eigenvalue weighted by atomic mass is 10.0. The number of para-hydroxylation sites is 1. The number of hydrazone groups is 1. The lowest BCUT2D eigenvalue weighted by Crippen LogP contribution is -2.15. The maximum absolute atomic E-state index is 13.4. The molecule has 0 unspecified atom stereocenters. The molecule has 0 atom stereocenters. The van der Waals surface area contributed by atoms with E-state index in [9.17, 15) is 14.9 Å². The Balaban J connectivity index is 1.82. The van der Waals surface area contributed by atoms with Crippen LogP contribution >= 0.6 is 11.8 Å². The number of aromatic amines is 1. The number of nitrogens with one attached hydrogen (secondary N) is 1. The number of rotatable bonds is 5. The number of nitriles is 1. The molecule has 1 aliphatic rings. The Morgan fingerprint density at radius 3 is 2.65 bits per heavy atom. The molecule has 0 radical (unpaired) electrons. The van der Waals surface area contributed by atoms with Gasteiger partial charge in [-0.3, -0.25) is 4.79 Å². The van der Waals surface area contributed by atoms with Gasteiger partial charge in [0, 0.05) is 22.7 Å². The first-order valence-corrected chi connectivity index (χ1v) is 10.4. The Bertz CT molecular complexity index is 1280. The molecule has 0 aliphatic carbocycles. The molecule has 0 fully saturated rings. The number of hydrogen-bond acceptors (Lipinski definition) is 7. The van der Waals surface area contributed by atoms with Crippen molar-refractivity contribution in [2.24, 2.45) is 5.10 Å². The van der Waals surface area contributed by atoms with E-state index >= 15 is 0 Å². The number of hydrogen-bond donors (Lipinski definition) is 1. The highest BCUT2D eigenvalue weighted by Gasteiger charge is 2.34. The molecule has 1 N–H and O–H groups in total. The molecular formula is C23H18N4O3S. The summed E-state index contributed by atoms with van der Waals surface area (Å²) in [6, 6.07) is 16.8. The molecule has 0 amide bonds. The summed E-state index contributed by atoms with van der Waals surface area (Å²) in [5.41, 5.74) is 2.76. The van der Waals surface area contributed by atoms with Crippen molar-refractivity contribution >= 4 is 45.1 Å². The van der Waals surface area contributed by atoms with Crippen LogP contribution in [0.15, 0.2) is 70.4 Å².